The van der Waals surface area contributed by atoms with Gasteiger partial charge in [0.15, 0.2) is 5.78 Å². The molecule has 1 N–H and O–H groups in total. The summed E-state index contributed by atoms with van der Waals surface area (Å²) in [6.45, 7) is 5.64. The summed E-state index contributed by atoms with van der Waals surface area (Å²) in [6, 6.07) is 7.81. The predicted octanol–water partition coefficient (Wildman–Crippen LogP) is 4.20. The lowest BCUT2D eigenvalue weighted by molar-refractivity contribution is 0.0327. The SMILES string of the molecule is CC[C@@H](C)OC(=O)c1[nH]c2c(c1C)C(=O)C[C@@H](c1ccc(OC)cc1)C2. The van der Waals surface area contributed by atoms with Crippen LogP contribution in [0.4, 0.5) is 0 Å². The van der Waals surface area contributed by atoms with Crippen molar-refractivity contribution in [2.45, 2.75) is 52.1 Å². The highest BCUT2D eigenvalue weighted by Gasteiger charge is 2.32. The molecule has 1 aliphatic rings. The Morgan fingerprint density at radius 2 is 1.96 bits per heavy atom. The zero-order valence-corrected chi connectivity index (χ0v) is 15.7. The van der Waals surface area contributed by atoms with Crippen LogP contribution in [0.1, 0.15) is 70.3 Å². The number of esters is 1. The molecule has 5 heteroatoms. The minimum Gasteiger partial charge on any atom is -0.497 e. The number of methoxy groups -OCH3 is 1. The number of aromatic nitrogens is 1. The summed E-state index contributed by atoms with van der Waals surface area (Å²) in [5, 5.41) is 0. The fourth-order valence-electron chi connectivity index (χ4n) is 3.47. The van der Waals surface area contributed by atoms with Crippen LogP contribution in [0.2, 0.25) is 0 Å². The molecule has 0 fully saturated rings. The molecule has 0 amide bonds. The number of H-pyrrole nitrogens is 1. The molecule has 138 valence electrons. The van der Waals surface area contributed by atoms with Gasteiger partial charge in [0.05, 0.1) is 13.2 Å². The quantitative estimate of drug-likeness (QED) is 0.816. The minimum absolute atomic E-state index is 0.0726. The summed E-state index contributed by atoms with van der Waals surface area (Å²) in [7, 11) is 1.63. The van der Waals surface area contributed by atoms with Crippen molar-refractivity contribution in [1.82, 2.24) is 4.98 Å². The third-order valence-electron chi connectivity index (χ3n) is 5.16. The van der Waals surface area contributed by atoms with Crippen LogP contribution in [0.15, 0.2) is 24.3 Å². The number of hydrogen-bond acceptors (Lipinski definition) is 4. The number of nitrogens with one attached hydrogen (secondary N) is 1. The van der Waals surface area contributed by atoms with E-state index in [2.05, 4.69) is 4.98 Å². The predicted molar refractivity (Wildman–Crippen MR) is 99.1 cm³/mol. The highest BCUT2D eigenvalue weighted by molar-refractivity contribution is 6.03. The van der Waals surface area contributed by atoms with Gasteiger partial charge in [0, 0.05) is 17.7 Å². The first kappa shape index (κ1) is 18.2. The van der Waals surface area contributed by atoms with Gasteiger partial charge < -0.3 is 14.5 Å². The van der Waals surface area contributed by atoms with Gasteiger partial charge in [0.1, 0.15) is 11.4 Å². The number of Topliss-reactive ketones (excluding diaryl/α,β-unsaturated/α-hetero) is 1. The molecule has 3 rings (SSSR count). The Balaban J connectivity index is 1.87. The molecule has 5 nitrogen and oxygen atoms in total. The highest BCUT2D eigenvalue weighted by Crippen LogP contribution is 2.35. The van der Waals surface area contributed by atoms with Crippen molar-refractivity contribution < 1.29 is 19.1 Å². The Bertz CT molecular complexity index is 819. The maximum Gasteiger partial charge on any atom is 0.355 e. The average Bonchev–Trinajstić information content (AvgIpc) is 2.98. The van der Waals surface area contributed by atoms with E-state index in [1.807, 2.05) is 45.0 Å². The molecule has 0 spiro atoms. The Hall–Kier alpha value is -2.56. The van der Waals surface area contributed by atoms with Crippen molar-refractivity contribution in [2.75, 3.05) is 7.11 Å². The molecule has 26 heavy (non-hydrogen) atoms. The van der Waals surface area contributed by atoms with Crippen LogP contribution in [0.5, 0.6) is 5.75 Å². The van der Waals surface area contributed by atoms with E-state index < -0.39 is 0 Å². The van der Waals surface area contributed by atoms with Gasteiger partial charge in [0.25, 0.3) is 0 Å². The molecular weight excluding hydrogens is 330 g/mol. The number of carbonyl (C=O) groups excluding carboxylic acids is 2. The van der Waals surface area contributed by atoms with Gasteiger partial charge in [-0.15, -0.1) is 0 Å². The number of carbonyl (C=O) groups is 2. The third kappa shape index (κ3) is 3.39. The Morgan fingerprint density at radius 3 is 2.58 bits per heavy atom. The van der Waals surface area contributed by atoms with Crippen molar-refractivity contribution in [3.05, 3.63) is 52.3 Å². The number of ketones is 1. The van der Waals surface area contributed by atoms with Crippen LogP contribution in [0.25, 0.3) is 0 Å². The molecule has 2 aromatic rings. The summed E-state index contributed by atoms with van der Waals surface area (Å²) in [5.41, 5.74) is 3.69. The average molecular weight is 355 g/mol. The van der Waals surface area contributed by atoms with Crippen molar-refractivity contribution in [1.29, 1.82) is 0 Å². The van der Waals surface area contributed by atoms with Crippen LogP contribution in [0.3, 0.4) is 0 Å². The zero-order valence-electron chi connectivity index (χ0n) is 15.7. The number of aromatic amines is 1. The summed E-state index contributed by atoms with van der Waals surface area (Å²) in [5.74, 6) is 0.572. The third-order valence-corrected chi connectivity index (χ3v) is 5.16. The van der Waals surface area contributed by atoms with Gasteiger partial charge in [0.2, 0.25) is 0 Å². The van der Waals surface area contributed by atoms with Crippen molar-refractivity contribution >= 4 is 11.8 Å². The van der Waals surface area contributed by atoms with Gasteiger partial charge in [-0.3, -0.25) is 4.79 Å². The second-order valence-electron chi connectivity index (χ2n) is 6.90. The van der Waals surface area contributed by atoms with E-state index >= 15 is 0 Å². The van der Waals surface area contributed by atoms with E-state index in [1.54, 1.807) is 7.11 Å². The second-order valence-corrected chi connectivity index (χ2v) is 6.90. The molecule has 2 atom stereocenters. The number of benzene rings is 1. The van der Waals surface area contributed by atoms with Crippen molar-refractivity contribution in [3.8, 4) is 5.75 Å². The van der Waals surface area contributed by atoms with E-state index in [0.717, 1.165) is 23.4 Å². The van der Waals surface area contributed by atoms with E-state index in [0.29, 0.717) is 29.7 Å². The molecule has 1 aromatic heterocycles. The maximum absolute atomic E-state index is 12.7. The van der Waals surface area contributed by atoms with Gasteiger partial charge >= 0.3 is 5.97 Å². The van der Waals surface area contributed by atoms with Gasteiger partial charge in [-0.05, 0) is 55.9 Å². The molecule has 0 aliphatic heterocycles. The molecule has 0 bridgehead atoms. The molecular formula is C21H25NO4. The van der Waals surface area contributed by atoms with Gasteiger partial charge in [-0.25, -0.2) is 4.79 Å². The topological polar surface area (TPSA) is 68.4 Å². The largest absolute Gasteiger partial charge is 0.497 e. The minimum atomic E-state index is -0.389. The van der Waals surface area contributed by atoms with Crippen molar-refractivity contribution in [2.24, 2.45) is 0 Å². The number of hydrogen-bond donors (Lipinski definition) is 1. The first-order chi connectivity index (χ1) is 12.4. The summed E-state index contributed by atoms with van der Waals surface area (Å²) < 4.78 is 10.6. The zero-order chi connectivity index (χ0) is 18.8. The summed E-state index contributed by atoms with van der Waals surface area (Å²) >= 11 is 0. The Labute approximate surface area is 153 Å². The highest BCUT2D eigenvalue weighted by atomic mass is 16.5. The van der Waals surface area contributed by atoms with E-state index in [1.165, 1.54) is 0 Å². The number of rotatable bonds is 5. The summed E-state index contributed by atoms with van der Waals surface area (Å²) in [4.78, 5) is 28.3. The van der Waals surface area contributed by atoms with Crippen LogP contribution in [0, 0.1) is 6.92 Å². The van der Waals surface area contributed by atoms with E-state index in [9.17, 15) is 9.59 Å². The molecule has 0 unspecified atom stereocenters. The summed E-state index contributed by atoms with van der Waals surface area (Å²) in [6.07, 6.45) is 1.75. The van der Waals surface area contributed by atoms with E-state index in [-0.39, 0.29) is 23.8 Å². The molecule has 0 saturated carbocycles. The van der Waals surface area contributed by atoms with Crippen LogP contribution >= 0.6 is 0 Å². The normalized spacial score (nSPS) is 17.5. The maximum atomic E-state index is 12.7. The van der Waals surface area contributed by atoms with Gasteiger partial charge in [-0.1, -0.05) is 19.1 Å². The molecule has 1 aliphatic carbocycles. The fourth-order valence-corrected chi connectivity index (χ4v) is 3.47. The first-order valence-electron chi connectivity index (χ1n) is 9.04. The van der Waals surface area contributed by atoms with Crippen LogP contribution < -0.4 is 4.74 Å². The number of ether oxygens (including phenoxy) is 2. The van der Waals surface area contributed by atoms with Crippen LogP contribution in [-0.4, -0.2) is 30.0 Å². The Kier molecular flexibility index (Phi) is 5.16. The van der Waals surface area contributed by atoms with E-state index in [4.69, 9.17) is 9.47 Å². The monoisotopic (exact) mass is 355 g/mol. The molecule has 0 saturated heterocycles. The standard InChI is InChI=1S/C21H25NO4/c1-5-12(2)26-21(24)20-13(3)19-17(22-20)10-15(11-18(19)23)14-6-8-16(25-4)9-7-14/h6-9,12,15,22H,5,10-11H2,1-4H3/t12-,15+/m1/s1. The van der Waals surface area contributed by atoms with Crippen LogP contribution in [-0.2, 0) is 11.2 Å². The lowest BCUT2D eigenvalue weighted by Crippen LogP contribution is -2.18. The lowest BCUT2D eigenvalue weighted by atomic mass is 9.81. The molecule has 1 aromatic carbocycles. The second kappa shape index (κ2) is 7.36. The molecule has 1 heterocycles. The first-order valence-corrected chi connectivity index (χ1v) is 9.04. The smallest absolute Gasteiger partial charge is 0.355 e. The van der Waals surface area contributed by atoms with Gasteiger partial charge in [-0.2, -0.15) is 0 Å². The fraction of sp³-hybridized carbons (Fsp3) is 0.429. The number of fused-ring (bicyclic) bond motifs is 1. The lowest BCUT2D eigenvalue weighted by Gasteiger charge is -2.22. The Morgan fingerprint density at radius 1 is 1.27 bits per heavy atom. The molecule has 0 radical (unpaired) electrons. The van der Waals surface area contributed by atoms with Crippen molar-refractivity contribution in [3.63, 3.8) is 0 Å².